The number of anilines is 1. The average Bonchev–Trinajstić information content (AvgIpc) is 3.35. The second kappa shape index (κ2) is 6.73. The summed E-state index contributed by atoms with van der Waals surface area (Å²) in [6, 6.07) is 12.7. The van der Waals surface area contributed by atoms with Gasteiger partial charge in [0.05, 0.1) is 15.4 Å². The van der Waals surface area contributed by atoms with E-state index < -0.39 is 10.0 Å². The first-order valence-electron chi connectivity index (χ1n) is 8.92. The largest absolute Gasteiger partial charge is 0.353 e. The number of nitrogens with one attached hydrogen (secondary N) is 1. The van der Waals surface area contributed by atoms with Crippen LogP contribution in [0.15, 0.2) is 52.9 Å². The molecule has 0 atom stereocenters. The van der Waals surface area contributed by atoms with Crippen LogP contribution >= 0.6 is 22.9 Å². The third kappa shape index (κ3) is 2.79. The molecule has 144 valence electrons. The third-order valence-corrected chi connectivity index (χ3v) is 8.33. The summed E-state index contributed by atoms with van der Waals surface area (Å²) in [5, 5.41) is 4.99. The normalized spacial score (nSPS) is 15.5. The predicted molar refractivity (Wildman–Crippen MR) is 114 cm³/mol. The van der Waals surface area contributed by atoms with Crippen LogP contribution in [0.1, 0.15) is 0 Å². The van der Waals surface area contributed by atoms with Gasteiger partial charge >= 0.3 is 0 Å². The van der Waals surface area contributed by atoms with Crippen molar-refractivity contribution in [3.63, 3.8) is 0 Å². The lowest BCUT2D eigenvalue weighted by atomic mass is 10.1. The summed E-state index contributed by atoms with van der Waals surface area (Å²) in [6.45, 7) is 3.42. The minimum Gasteiger partial charge on any atom is -0.353 e. The molecule has 28 heavy (non-hydrogen) atoms. The standard InChI is InChI=1S/C19H17ClN4O2S2/c20-16-5-6-17(27-16)28(25,26)24-10-7-14-18(24)13-3-1-2-4-15(13)22-19(14)23-11-8-21-9-12-23/h1-7,10,21H,8-9,11-12H2. The summed E-state index contributed by atoms with van der Waals surface area (Å²) in [5.41, 5.74) is 1.44. The van der Waals surface area contributed by atoms with Gasteiger partial charge in [0.15, 0.2) is 0 Å². The van der Waals surface area contributed by atoms with Crippen molar-refractivity contribution in [1.82, 2.24) is 14.3 Å². The molecule has 1 N–H and O–H groups in total. The van der Waals surface area contributed by atoms with E-state index in [0.29, 0.717) is 9.85 Å². The summed E-state index contributed by atoms with van der Waals surface area (Å²) in [4.78, 5) is 7.08. The molecule has 1 aliphatic heterocycles. The fraction of sp³-hybridized carbons (Fsp3) is 0.211. The van der Waals surface area contributed by atoms with Crippen molar-refractivity contribution in [3.8, 4) is 0 Å². The van der Waals surface area contributed by atoms with Crippen LogP contribution in [-0.2, 0) is 10.0 Å². The highest BCUT2D eigenvalue weighted by atomic mass is 35.5. The maximum atomic E-state index is 13.3. The number of benzene rings is 1. The van der Waals surface area contributed by atoms with Crippen molar-refractivity contribution >= 4 is 60.6 Å². The predicted octanol–water partition coefficient (Wildman–Crippen LogP) is 3.55. The van der Waals surface area contributed by atoms with E-state index in [1.807, 2.05) is 30.3 Å². The van der Waals surface area contributed by atoms with Gasteiger partial charge in [-0.3, -0.25) is 0 Å². The van der Waals surface area contributed by atoms with Crippen LogP contribution in [-0.4, -0.2) is 43.6 Å². The molecular weight excluding hydrogens is 416 g/mol. The Morgan fingerprint density at radius 1 is 1.04 bits per heavy atom. The molecule has 0 radical (unpaired) electrons. The van der Waals surface area contributed by atoms with Gasteiger partial charge in [0.25, 0.3) is 10.0 Å². The van der Waals surface area contributed by atoms with Crippen LogP contribution in [0.3, 0.4) is 0 Å². The highest BCUT2D eigenvalue weighted by molar-refractivity contribution is 7.92. The molecule has 0 saturated carbocycles. The van der Waals surface area contributed by atoms with Crippen molar-refractivity contribution in [2.75, 3.05) is 31.1 Å². The van der Waals surface area contributed by atoms with E-state index in [2.05, 4.69) is 10.2 Å². The zero-order valence-electron chi connectivity index (χ0n) is 14.8. The van der Waals surface area contributed by atoms with E-state index in [1.54, 1.807) is 18.3 Å². The zero-order chi connectivity index (χ0) is 19.3. The number of pyridine rings is 1. The molecule has 0 aliphatic carbocycles. The fourth-order valence-electron chi connectivity index (χ4n) is 3.66. The summed E-state index contributed by atoms with van der Waals surface area (Å²) >= 11 is 7.05. The third-order valence-electron chi connectivity index (χ3n) is 4.96. The van der Waals surface area contributed by atoms with Gasteiger partial charge in [0.2, 0.25) is 0 Å². The summed E-state index contributed by atoms with van der Waals surface area (Å²) in [5.74, 6) is 0.827. The summed E-state index contributed by atoms with van der Waals surface area (Å²) < 4.78 is 28.7. The van der Waals surface area contributed by atoms with Gasteiger partial charge in [-0.1, -0.05) is 29.8 Å². The van der Waals surface area contributed by atoms with Crippen LogP contribution < -0.4 is 10.2 Å². The Morgan fingerprint density at radius 2 is 1.82 bits per heavy atom. The molecule has 1 aromatic carbocycles. The van der Waals surface area contributed by atoms with Crippen LogP contribution in [0, 0.1) is 0 Å². The van der Waals surface area contributed by atoms with Crippen LogP contribution in [0.5, 0.6) is 0 Å². The first-order chi connectivity index (χ1) is 13.6. The molecule has 5 rings (SSSR count). The number of halogens is 1. The number of hydrogen-bond acceptors (Lipinski definition) is 6. The minimum atomic E-state index is -3.75. The maximum absolute atomic E-state index is 13.3. The van der Waals surface area contributed by atoms with Gasteiger partial charge in [-0.2, -0.15) is 8.42 Å². The molecule has 1 aliphatic rings. The molecule has 4 heterocycles. The van der Waals surface area contributed by atoms with Crippen molar-refractivity contribution in [2.24, 2.45) is 0 Å². The van der Waals surface area contributed by atoms with E-state index >= 15 is 0 Å². The number of fused-ring (bicyclic) bond motifs is 3. The first-order valence-corrected chi connectivity index (χ1v) is 11.6. The van der Waals surface area contributed by atoms with Gasteiger partial charge in [-0.25, -0.2) is 8.96 Å². The monoisotopic (exact) mass is 432 g/mol. The molecule has 1 saturated heterocycles. The summed E-state index contributed by atoms with van der Waals surface area (Å²) in [7, 11) is -3.75. The SMILES string of the molecule is O=S(=O)(c1ccc(Cl)s1)n1ccc2c(N3CCNCC3)nc3ccccc3c21. The van der Waals surface area contributed by atoms with Gasteiger partial charge < -0.3 is 10.2 Å². The van der Waals surface area contributed by atoms with E-state index in [-0.39, 0.29) is 4.21 Å². The number of piperazine rings is 1. The second-order valence-corrected chi connectivity index (χ2v) is 10.4. The molecule has 1 fully saturated rings. The van der Waals surface area contributed by atoms with Crippen molar-refractivity contribution < 1.29 is 8.42 Å². The van der Waals surface area contributed by atoms with E-state index in [4.69, 9.17) is 16.6 Å². The van der Waals surface area contributed by atoms with E-state index in [1.165, 1.54) is 3.97 Å². The quantitative estimate of drug-likeness (QED) is 0.536. The number of hydrogen-bond donors (Lipinski definition) is 1. The van der Waals surface area contributed by atoms with Crippen LogP contribution in [0.25, 0.3) is 21.8 Å². The second-order valence-electron chi connectivity index (χ2n) is 6.63. The topological polar surface area (TPSA) is 67.2 Å². The van der Waals surface area contributed by atoms with E-state index in [0.717, 1.165) is 59.6 Å². The van der Waals surface area contributed by atoms with Crippen LogP contribution in [0.2, 0.25) is 4.34 Å². The van der Waals surface area contributed by atoms with Gasteiger partial charge in [0.1, 0.15) is 10.0 Å². The number of para-hydroxylation sites is 1. The molecule has 3 aromatic heterocycles. The van der Waals surface area contributed by atoms with Gasteiger partial charge in [-0.05, 0) is 24.3 Å². The molecular formula is C19H17ClN4O2S2. The number of thiophene rings is 1. The molecule has 4 aromatic rings. The first kappa shape index (κ1) is 17.9. The lowest BCUT2D eigenvalue weighted by Gasteiger charge is -2.29. The summed E-state index contributed by atoms with van der Waals surface area (Å²) in [6.07, 6.45) is 1.62. The Balaban J connectivity index is 1.81. The fourth-order valence-corrected chi connectivity index (χ4v) is 6.59. The Bertz CT molecular complexity index is 1290. The smallest absolute Gasteiger partial charge is 0.277 e. The number of nitrogens with zero attached hydrogens (tertiary/aromatic N) is 3. The highest BCUT2D eigenvalue weighted by Crippen LogP contribution is 2.36. The minimum absolute atomic E-state index is 0.222. The lowest BCUT2D eigenvalue weighted by Crippen LogP contribution is -2.44. The van der Waals surface area contributed by atoms with Gasteiger partial charge in [-0.15, -0.1) is 11.3 Å². The maximum Gasteiger partial charge on any atom is 0.277 e. The molecule has 9 heteroatoms. The Labute approximate surface area is 171 Å². The highest BCUT2D eigenvalue weighted by Gasteiger charge is 2.25. The number of rotatable bonds is 3. The lowest BCUT2D eigenvalue weighted by molar-refractivity contribution is 0.586. The Kier molecular flexibility index (Phi) is 4.31. The average molecular weight is 433 g/mol. The van der Waals surface area contributed by atoms with E-state index in [9.17, 15) is 8.42 Å². The zero-order valence-corrected chi connectivity index (χ0v) is 17.2. The molecule has 0 unspecified atom stereocenters. The van der Waals surface area contributed by atoms with Crippen molar-refractivity contribution in [1.29, 1.82) is 0 Å². The Morgan fingerprint density at radius 3 is 2.57 bits per heavy atom. The molecule has 6 nitrogen and oxygen atoms in total. The van der Waals surface area contributed by atoms with Crippen molar-refractivity contribution in [2.45, 2.75) is 4.21 Å². The number of aromatic nitrogens is 2. The Hall–Kier alpha value is -2.13. The van der Waals surface area contributed by atoms with Gasteiger partial charge in [0, 0.05) is 43.1 Å². The molecule has 0 bridgehead atoms. The van der Waals surface area contributed by atoms with Crippen LogP contribution in [0.4, 0.5) is 5.82 Å². The molecule has 0 amide bonds. The molecule has 0 spiro atoms. The van der Waals surface area contributed by atoms with Crippen molar-refractivity contribution in [3.05, 3.63) is 53.0 Å².